The highest BCUT2D eigenvalue weighted by atomic mass is 16.5. The molecule has 0 spiro atoms. The summed E-state index contributed by atoms with van der Waals surface area (Å²) < 4.78 is 5.67. The monoisotopic (exact) mass is 213 g/mol. The molecule has 0 aliphatic carbocycles. The second kappa shape index (κ2) is 5.31. The van der Waals surface area contributed by atoms with E-state index >= 15 is 0 Å². The maximum Gasteiger partial charge on any atom is 0.119 e. The largest absolute Gasteiger partial charge is 0.493 e. The third-order valence-electron chi connectivity index (χ3n) is 2.40. The Bertz CT molecular complexity index is 439. The number of aromatic nitrogens is 1. The van der Waals surface area contributed by atoms with Gasteiger partial charge < -0.3 is 4.74 Å². The van der Waals surface area contributed by atoms with E-state index in [1.807, 2.05) is 42.7 Å². The lowest BCUT2D eigenvalue weighted by molar-refractivity contribution is 0.321. The van der Waals surface area contributed by atoms with Crippen LogP contribution in [0.15, 0.2) is 48.8 Å². The van der Waals surface area contributed by atoms with Crippen molar-refractivity contribution in [3.8, 4) is 5.75 Å². The van der Waals surface area contributed by atoms with E-state index in [1.54, 1.807) is 0 Å². The SMILES string of the molecule is Cc1cccc(OCCc2ccncc2)c1. The highest BCUT2D eigenvalue weighted by molar-refractivity contribution is 5.27. The first-order valence-electron chi connectivity index (χ1n) is 5.43. The second-order valence-corrected chi connectivity index (χ2v) is 3.77. The molecule has 0 saturated heterocycles. The fourth-order valence-corrected chi connectivity index (χ4v) is 1.54. The summed E-state index contributed by atoms with van der Waals surface area (Å²) in [6.07, 6.45) is 4.53. The van der Waals surface area contributed by atoms with E-state index in [-0.39, 0.29) is 0 Å². The molecule has 1 aromatic heterocycles. The molecule has 0 fully saturated rings. The van der Waals surface area contributed by atoms with Crippen molar-refractivity contribution in [2.24, 2.45) is 0 Å². The minimum Gasteiger partial charge on any atom is -0.493 e. The van der Waals surface area contributed by atoms with Gasteiger partial charge in [0.25, 0.3) is 0 Å². The Balaban J connectivity index is 1.85. The molecule has 0 aliphatic rings. The fourth-order valence-electron chi connectivity index (χ4n) is 1.54. The summed E-state index contributed by atoms with van der Waals surface area (Å²) in [5.41, 5.74) is 2.48. The fraction of sp³-hybridized carbons (Fsp3) is 0.214. The van der Waals surface area contributed by atoms with Gasteiger partial charge in [-0.05, 0) is 42.3 Å². The summed E-state index contributed by atoms with van der Waals surface area (Å²) in [7, 11) is 0. The molecule has 1 aromatic carbocycles. The number of benzene rings is 1. The van der Waals surface area contributed by atoms with Crippen LogP contribution in [0.25, 0.3) is 0 Å². The van der Waals surface area contributed by atoms with Crippen LogP contribution < -0.4 is 4.74 Å². The van der Waals surface area contributed by atoms with Crippen molar-refractivity contribution in [3.05, 3.63) is 59.9 Å². The topological polar surface area (TPSA) is 22.1 Å². The first-order valence-corrected chi connectivity index (χ1v) is 5.43. The van der Waals surface area contributed by atoms with E-state index in [1.165, 1.54) is 11.1 Å². The van der Waals surface area contributed by atoms with Gasteiger partial charge in [0.2, 0.25) is 0 Å². The summed E-state index contributed by atoms with van der Waals surface area (Å²) in [5, 5.41) is 0. The number of ether oxygens (including phenoxy) is 1. The molecule has 0 unspecified atom stereocenters. The Morgan fingerprint density at radius 3 is 2.69 bits per heavy atom. The van der Waals surface area contributed by atoms with Crippen LogP contribution in [0, 0.1) is 6.92 Å². The number of hydrogen-bond donors (Lipinski definition) is 0. The first-order chi connectivity index (χ1) is 7.84. The van der Waals surface area contributed by atoms with E-state index in [2.05, 4.69) is 18.0 Å². The third-order valence-corrected chi connectivity index (χ3v) is 2.40. The minimum atomic E-state index is 0.702. The summed E-state index contributed by atoms with van der Waals surface area (Å²) in [6.45, 7) is 2.77. The molecule has 2 aromatic rings. The van der Waals surface area contributed by atoms with Crippen molar-refractivity contribution < 1.29 is 4.74 Å². The molecule has 0 atom stereocenters. The van der Waals surface area contributed by atoms with Crippen molar-refractivity contribution in [2.45, 2.75) is 13.3 Å². The quantitative estimate of drug-likeness (QED) is 0.778. The smallest absolute Gasteiger partial charge is 0.119 e. The lowest BCUT2D eigenvalue weighted by atomic mass is 10.2. The van der Waals surface area contributed by atoms with Crippen LogP contribution in [0.4, 0.5) is 0 Å². The van der Waals surface area contributed by atoms with Crippen LogP contribution in [-0.2, 0) is 6.42 Å². The molecule has 0 aliphatic heterocycles. The van der Waals surface area contributed by atoms with E-state index in [9.17, 15) is 0 Å². The van der Waals surface area contributed by atoms with Crippen molar-refractivity contribution in [1.82, 2.24) is 4.98 Å². The molecule has 1 heterocycles. The summed E-state index contributed by atoms with van der Waals surface area (Å²) in [6, 6.07) is 12.1. The van der Waals surface area contributed by atoms with Crippen LogP contribution in [0.2, 0.25) is 0 Å². The van der Waals surface area contributed by atoms with Crippen LogP contribution in [0.5, 0.6) is 5.75 Å². The van der Waals surface area contributed by atoms with Gasteiger partial charge in [-0.3, -0.25) is 4.98 Å². The molecular formula is C14H15NO. The highest BCUT2D eigenvalue weighted by Crippen LogP contribution is 2.12. The zero-order valence-corrected chi connectivity index (χ0v) is 9.39. The zero-order chi connectivity index (χ0) is 11.2. The molecule has 2 nitrogen and oxygen atoms in total. The van der Waals surface area contributed by atoms with Gasteiger partial charge in [0, 0.05) is 18.8 Å². The van der Waals surface area contributed by atoms with E-state index in [0.717, 1.165) is 12.2 Å². The Kier molecular flexibility index (Phi) is 3.54. The predicted molar refractivity (Wildman–Crippen MR) is 64.6 cm³/mol. The van der Waals surface area contributed by atoms with Gasteiger partial charge in [-0.25, -0.2) is 0 Å². The number of nitrogens with zero attached hydrogens (tertiary/aromatic N) is 1. The lowest BCUT2D eigenvalue weighted by Gasteiger charge is -2.06. The summed E-state index contributed by atoms with van der Waals surface area (Å²) in [4.78, 5) is 3.98. The molecule has 0 bridgehead atoms. The first kappa shape index (κ1) is 10.7. The normalized spacial score (nSPS) is 10.1. The van der Waals surface area contributed by atoms with Gasteiger partial charge in [0.15, 0.2) is 0 Å². The highest BCUT2D eigenvalue weighted by Gasteiger charge is 1.95. The summed E-state index contributed by atoms with van der Waals surface area (Å²) >= 11 is 0. The van der Waals surface area contributed by atoms with Gasteiger partial charge >= 0.3 is 0 Å². The lowest BCUT2D eigenvalue weighted by Crippen LogP contribution is -2.01. The van der Waals surface area contributed by atoms with Crippen molar-refractivity contribution in [1.29, 1.82) is 0 Å². The van der Waals surface area contributed by atoms with Gasteiger partial charge in [-0.2, -0.15) is 0 Å². The zero-order valence-electron chi connectivity index (χ0n) is 9.39. The predicted octanol–water partition coefficient (Wildman–Crippen LogP) is 3.01. The molecule has 2 rings (SSSR count). The van der Waals surface area contributed by atoms with Crippen LogP contribution in [-0.4, -0.2) is 11.6 Å². The molecule has 82 valence electrons. The number of pyridine rings is 1. The van der Waals surface area contributed by atoms with E-state index < -0.39 is 0 Å². The molecule has 0 saturated carbocycles. The Hall–Kier alpha value is -1.83. The van der Waals surface area contributed by atoms with E-state index in [4.69, 9.17) is 4.74 Å². The Morgan fingerprint density at radius 1 is 1.12 bits per heavy atom. The van der Waals surface area contributed by atoms with Crippen LogP contribution in [0.3, 0.4) is 0 Å². The molecular weight excluding hydrogens is 198 g/mol. The standard InChI is InChI=1S/C14H15NO/c1-12-3-2-4-14(11-12)16-10-7-13-5-8-15-9-6-13/h2-6,8-9,11H,7,10H2,1H3. The number of aryl methyl sites for hydroxylation is 1. The average Bonchev–Trinajstić information content (AvgIpc) is 2.30. The molecule has 2 heteroatoms. The minimum absolute atomic E-state index is 0.702. The molecule has 0 radical (unpaired) electrons. The van der Waals surface area contributed by atoms with Gasteiger partial charge in [0.05, 0.1) is 6.61 Å². The Labute approximate surface area is 95.9 Å². The second-order valence-electron chi connectivity index (χ2n) is 3.77. The molecule has 16 heavy (non-hydrogen) atoms. The molecule has 0 N–H and O–H groups in total. The number of rotatable bonds is 4. The maximum absolute atomic E-state index is 5.67. The third kappa shape index (κ3) is 3.09. The van der Waals surface area contributed by atoms with Crippen molar-refractivity contribution >= 4 is 0 Å². The number of hydrogen-bond acceptors (Lipinski definition) is 2. The maximum atomic E-state index is 5.67. The van der Waals surface area contributed by atoms with Crippen molar-refractivity contribution in [3.63, 3.8) is 0 Å². The van der Waals surface area contributed by atoms with E-state index in [0.29, 0.717) is 6.61 Å². The summed E-state index contributed by atoms with van der Waals surface area (Å²) in [5.74, 6) is 0.939. The van der Waals surface area contributed by atoms with Gasteiger partial charge in [0.1, 0.15) is 5.75 Å². The van der Waals surface area contributed by atoms with Gasteiger partial charge in [-0.1, -0.05) is 12.1 Å². The van der Waals surface area contributed by atoms with Crippen molar-refractivity contribution in [2.75, 3.05) is 6.61 Å². The van der Waals surface area contributed by atoms with Crippen LogP contribution >= 0.6 is 0 Å². The van der Waals surface area contributed by atoms with Gasteiger partial charge in [-0.15, -0.1) is 0 Å². The van der Waals surface area contributed by atoms with Crippen LogP contribution in [0.1, 0.15) is 11.1 Å². The molecule has 0 amide bonds. The Morgan fingerprint density at radius 2 is 1.94 bits per heavy atom. The average molecular weight is 213 g/mol.